The first-order valence-electron chi connectivity index (χ1n) is 11.1. The van der Waals surface area contributed by atoms with Crippen LogP contribution < -0.4 is 0 Å². The fraction of sp³-hybridized carbons (Fsp3) is 1.00. The highest BCUT2D eigenvalue weighted by Crippen LogP contribution is 2.19. The highest BCUT2D eigenvalue weighted by atomic mass is 32.2. The summed E-state index contributed by atoms with van der Waals surface area (Å²) in [5.74, 6) is 0. The van der Waals surface area contributed by atoms with Crippen molar-refractivity contribution < 1.29 is 18.1 Å². The molecular formula is C21H44O4S. The van der Waals surface area contributed by atoms with Crippen molar-refractivity contribution in [2.24, 2.45) is 0 Å². The van der Waals surface area contributed by atoms with Gasteiger partial charge in [0.1, 0.15) is 0 Å². The van der Waals surface area contributed by atoms with E-state index in [0.717, 1.165) is 51.4 Å². The lowest BCUT2D eigenvalue weighted by Gasteiger charge is -2.13. The van der Waals surface area contributed by atoms with Gasteiger partial charge in [0.05, 0.1) is 5.25 Å². The number of unbranched alkanes of at least 4 members (excludes halogenated alkanes) is 14. The second kappa shape index (κ2) is 18.2. The summed E-state index contributed by atoms with van der Waals surface area (Å²) < 4.78 is 32.5. The molecule has 0 radical (unpaired) electrons. The van der Waals surface area contributed by atoms with Crippen molar-refractivity contribution in [1.29, 1.82) is 0 Å². The first kappa shape index (κ1) is 25.9. The Morgan fingerprint density at radius 1 is 0.615 bits per heavy atom. The molecule has 4 nitrogen and oxygen atoms in total. The molecule has 0 heterocycles. The fourth-order valence-corrected chi connectivity index (χ4v) is 4.42. The molecule has 0 aliphatic carbocycles. The molecular weight excluding hydrogens is 348 g/mol. The Balaban J connectivity index is 3.66. The van der Waals surface area contributed by atoms with E-state index in [-0.39, 0.29) is 6.61 Å². The van der Waals surface area contributed by atoms with Crippen LogP contribution in [0.3, 0.4) is 0 Å². The third kappa shape index (κ3) is 17.3. The molecule has 0 aliphatic heterocycles. The van der Waals surface area contributed by atoms with E-state index in [1.807, 2.05) is 0 Å². The van der Waals surface area contributed by atoms with Crippen LogP contribution in [-0.4, -0.2) is 29.9 Å². The van der Waals surface area contributed by atoms with E-state index in [2.05, 4.69) is 6.92 Å². The van der Waals surface area contributed by atoms with Gasteiger partial charge in [0.2, 0.25) is 0 Å². The zero-order valence-corrected chi connectivity index (χ0v) is 17.9. The molecule has 0 fully saturated rings. The molecule has 0 amide bonds. The Bertz CT molecular complexity index is 381. The normalized spacial score (nSPS) is 13.2. The lowest BCUT2D eigenvalue weighted by Crippen LogP contribution is -2.20. The molecule has 5 heteroatoms. The summed E-state index contributed by atoms with van der Waals surface area (Å²) in [6.45, 7) is 2.49. The number of hydrogen-bond acceptors (Lipinski definition) is 3. The molecule has 2 N–H and O–H groups in total. The monoisotopic (exact) mass is 392 g/mol. The van der Waals surface area contributed by atoms with Crippen LogP contribution in [0, 0.1) is 0 Å². The summed E-state index contributed by atoms with van der Waals surface area (Å²) in [5, 5.41) is 8.16. The molecule has 0 aromatic carbocycles. The predicted molar refractivity (Wildman–Crippen MR) is 111 cm³/mol. The summed E-state index contributed by atoms with van der Waals surface area (Å²) in [7, 11) is -3.91. The maximum Gasteiger partial charge on any atom is 0.267 e. The summed E-state index contributed by atoms with van der Waals surface area (Å²) in [6.07, 6.45) is 19.5. The third-order valence-corrected chi connectivity index (χ3v) is 6.55. The molecule has 0 aromatic rings. The molecule has 0 saturated heterocycles. The van der Waals surface area contributed by atoms with E-state index in [1.165, 1.54) is 51.4 Å². The van der Waals surface area contributed by atoms with E-state index < -0.39 is 15.4 Å². The van der Waals surface area contributed by atoms with Gasteiger partial charge in [-0.2, -0.15) is 8.42 Å². The number of aliphatic hydroxyl groups is 1. The van der Waals surface area contributed by atoms with E-state index in [1.54, 1.807) is 0 Å². The number of hydrogen-bond donors (Lipinski definition) is 2. The van der Waals surface area contributed by atoms with E-state index in [4.69, 9.17) is 5.11 Å². The van der Waals surface area contributed by atoms with Gasteiger partial charge in [-0.25, -0.2) is 0 Å². The van der Waals surface area contributed by atoms with Gasteiger partial charge >= 0.3 is 0 Å². The largest absolute Gasteiger partial charge is 0.396 e. The fourth-order valence-electron chi connectivity index (χ4n) is 3.49. The zero-order chi connectivity index (χ0) is 19.5. The van der Waals surface area contributed by atoms with Crippen LogP contribution in [0.1, 0.15) is 122 Å². The van der Waals surface area contributed by atoms with E-state index in [0.29, 0.717) is 12.8 Å². The summed E-state index contributed by atoms with van der Waals surface area (Å²) >= 11 is 0. The first-order chi connectivity index (χ1) is 12.5. The van der Waals surface area contributed by atoms with Crippen molar-refractivity contribution in [3.05, 3.63) is 0 Å². The van der Waals surface area contributed by atoms with E-state index in [9.17, 15) is 13.0 Å². The van der Waals surface area contributed by atoms with Gasteiger partial charge in [-0.1, -0.05) is 103 Å². The Morgan fingerprint density at radius 2 is 0.962 bits per heavy atom. The van der Waals surface area contributed by atoms with Crippen molar-refractivity contribution in [2.45, 2.75) is 128 Å². The van der Waals surface area contributed by atoms with Crippen LogP contribution in [0.2, 0.25) is 0 Å². The smallest absolute Gasteiger partial charge is 0.267 e. The standard InChI is InChI=1S/C21H44O4S/c1-2-3-4-5-6-7-8-9-12-15-18-21(26(23,24)25)19-16-13-10-11-14-17-20-22/h21-22H,2-20H2,1H3,(H,23,24,25). The summed E-state index contributed by atoms with van der Waals surface area (Å²) in [5.41, 5.74) is 0. The zero-order valence-electron chi connectivity index (χ0n) is 17.1. The molecule has 0 spiro atoms. The number of rotatable bonds is 20. The molecule has 0 saturated carbocycles. The highest BCUT2D eigenvalue weighted by molar-refractivity contribution is 7.86. The minimum Gasteiger partial charge on any atom is -0.396 e. The quantitative estimate of drug-likeness (QED) is 0.189. The van der Waals surface area contributed by atoms with Gasteiger partial charge in [-0.15, -0.1) is 0 Å². The van der Waals surface area contributed by atoms with Gasteiger partial charge in [0.15, 0.2) is 0 Å². The second-order valence-corrected chi connectivity index (χ2v) is 9.44. The van der Waals surface area contributed by atoms with Gasteiger partial charge in [0.25, 0.3) is 10.1 Å². The van der Waals surface area contributed by atoms with Gasteiger partial charge < -0.3 is 5.11 Å². The minimum atomic E-state index is -3.91. The van der Waals surface area contributed by atoms with E-state index >= 15 is 0 Å². The Hall–Kier alpha value is -0.130. The number of aliphatic hydroxyl groups excluding tert-OH is 1. The van der Waals surface area contributed by atoms with Crippen LogP contribution in [-0.2, 0) is 10.1 Å². The molecule has 0 aromatic heterocycles. The maximum atomic E-state index is 11.6. The molecule has 0 aliphatic rings. The van der Waals surface area contributed by atoms with Crippen molar-refractivity contribution in [2.75, 3.05) is 6.61 Å². The third-order valence-electron chi connectivity index (χ3n) is 5.24. The Labute approximate surface area is 162 Å². The van der Waals surface area contributed by atoms with Gasteiger partial charge in [-0.3, -0.25) is 4.55 Å². The van der Waals surface area contributed by atoms with Crippen LogP contribution >= 0.6 is 0 Å². The lowest BCUT2D eigenvalue weighted by atomic mass is 10.0. The highest BCUT2D eigenvalue weighted by Gasteiger charge is 2.21. The van der Waals surface area contributed by atoms with Crippen molar-refractivity contribution >= 4 is 10.1 Å². The molecule has 1 unspecified atom stereocenters. The molecule has 158 valence electrons. The molecule has 0 bridgehead atoms. The van der Waals surface area contributed by atoms with Crippen molar-refractivity contribution in [1.82, 2.24) is 0 Å². The Morgan fingerprint density at radius 3 is 1.31 bits per heavy atom. The van der Waals surface area contributed by atoms with Crippen molar-refractivity contribution in [3.8, 4) is 0 Å². The maximum absolute atomic E-state index is 11.6. The van der Waals surface area contributed by atoms with Crippen LogP contribution in [0.15, 0.2) is 0 Å². The van der Waals surface area contributed by atoms with Crippen LogP contribution in [0.5, 0.6) is 0 Å². The van der Waals surface area contributed by atoms with Gasteiger partial charge in [-0.05, 0) is 19.3 Å². The lowest BCUT2D eigenvalue weighted by molar-refractivity contribution is 0.282. The Kier molecular flexibility index (Phi) is 18.2. The SMILES string of the molecule is CCCCCCCCCCCCC(CCCCCCCCO)S(=O)(=O)O. The van der Waals surface area contributed by atoms with Crippen molar-refractivity contribution in [3.63, 3.8) is 0 Å². The minimum absolute atomic E-state index is 0.254. The second-order valence-electron chi connectivity index (χ2n) is 7.74. The molecule has 1 atom stereocenters. The first-order valence-corrected chi connectivity index (χ1v) is 12.6. The molecule has 0 rings (SSSR count). The predicted octanol–water partition coefficient (Wildman–Crippen LogP) is 6.28. The topological polar surface area (TPSA) is 74.6 Å². The average molecular weight is 393 g/mol. The summed E-state index contributed by atoms with van der Waals surface area (Å²) in [6, 6.07) is 0. The molecule has 26 heavy (non-hydrogen) atoms. The average Bonchev–Trinajstić information content (AvgIpc) is 2.59. The van der Waals surface area contributed by atoms with Crippen LogP contribution in [0.4, 0.5) is 0 Å². The van der Waals surface area contributed by atoms with Crippen LogP contribution in [0.25, 0.3) is 0 Å². The van der Waals surface area contributed by atoms with Gasteiger partial charge in [0, 0.05) is 6.61 Å². The summed E-state index contributed by atoms with van der Waals surface area (Å²) in [4.78, 5) is 0.